The molecule has 0 aliphatic carbocycles. The first-order chi connectivity index (χ1) is 11.8. The molecule has 0 radical (unpaired) electrons. The van der Waals surface area contributed by atoms with Crippen LogP contribution in [0.1, 0.15) is 11.1 Å². The first-order valence-electron chi connectivity index (χ1n) is 8.35. The highest BCUT2D eigenvalue weighted by atomic mass is 32.2. The van der Waals surface area contributed by atoms with Crippen molar-refractivity contribution in [2.45, 2.75) is 13.1 Å². The number of thioether (sulfide) groups is 1. The number of para-hydroxylation sites is 1. The zero-order valence-electron chi connectivity index (χ0n) is 14.1. The minimum Gasteiger partial charge on any atom is -0.496 e. The molecule has 1 fully saturated rings. The minimum absolute atomic E-state index is 0.766. The van der Waals surface area contributed by atoms with Crippen LogP contribution in [-0.2, 0) is 13.1 Å². The van der Waals surface area contributed by atoms with Gasteiger partial charge in [0.05, 0.1) is 7.11 Å². The van der Waals surface area contributed by atoms with E-state index in [0.29, 0.717) is 0 Å². The molecule has 3 rings (SSSR count). The van der Waals surface area contributed by atoms with E-state index in [2.05, 4.69) is 34.0 Å². The van der Waals surface area contributed by atoms with E-state index >= 15 is 0 Å². The van der Waals surface area contributed by atoms with E-state index in [1.165, 1.54) is 22.6 Å². The van der Waals surface area contributed by atoms with Crippen LogP contribution in [0.2, 0.25) is 0 Å². The maximum atomic E-state index is 5.55. The zero-order valence-corrected chi connectivity index (χ0v) is 14.9. The van der Waals surface area contributed by atoms with Gasteiger partial charge in [-0.2, -0.15) is 11.8 Å². The molecule has 4 nitrogen and oxygen atoms in total. The number of methoxy groups -OCH3 is 1. The van der Waals surface area contributed by atoms with Crippen molar-refractivity contribution in [1.29, 1.82) is 0 Å². The fourth-order valence-corrected chi connectivity index (χ4v) is 3.81. The summed E-state index contributed by atoms with van der Waals surface area (Å²) >= 11 is 2.04. The van der Waals surface area contributed by atoms with Crippen molar-refractivity contribution in [3.63, 3.8) is 0 Å². The van der Waals surface area contributed by atoms with Gasteiger partial charge in [-0.1, -0.05) is 24.3 Å². The van der Waals surface area contributed by atoms with E-state index in [1.807, 2.05) is 42.1 Å². The molecule has 1 aliphatic heterocycles. The predicted octanol–water partition coefficient (Wildman–Crippen LogP) is 3.36. The van der Waals surface area contributed by atoms with Crippen molar-refractivity contribution in [3.8, 4) is 5.75 Å². The third-order valence-electron chi connectivity index (χ3n) is 4.14. The molecule has 0 saturated carbocycles. The van der Waals surface area contributed by atoms with Crippen molar-refractivity contribution in [2.24, 2.45) is 0 Å². The van der Waals surface area contributed by atoms with Crippen molar-refractivity contribution in [1.82, 2.24) is 10.3 Å². The van der Waals surface area contributed by atoms with Crippen LogP contribution in [0.25, 0.3) is 0 Å². The lowest BCUT2D eigenvalue weighted by atomic mass is 10.1. The average Bonchev–Trinajstić information content (AvgIpc) is 2.64. The molecule has 128 valence electrons. The summed E-state index contributed by atoms with van der Waals surface area (Å²) < 4.78 is 5.55. The molecular formula is C19H25N3OS. The standard InChI is InChI=1S/C19H25N3OS/c1-23-19-8-7-16(14-20-21-18-5-3-2-4-6-18)13-17(19)15-22-9-11-24-12-10-22/h2-8,13,20-21H,9-12,14-15H2,1H3. The number of hydrazine groups is 1. The molecule has 2 aromatic carbocycles. The topological polar surface area (TPSA) is 36.5 Å². The summed E-state index contributed by atoms with van der Waals surface area (Å²) in [7, 11) is 1.75. The lowest BCUT2D eigenvalue weighted by Gasteiger charge is -2.27. The maximum absolute atomic E-state index is 5.55. The number of benzene rings is 2. The van der Waals surface area contributed by atoms with Gasteiger partial charge < -0.3 is 10.2 Å². The number of anilines is 1. The number of nitrogens with zero attached hydrogens (tertiary/aromatic N) is 1. The smallest absolute Gasteiger partial charge is 0.123 e. The Balaban J connectivity index is 1.60. The summed E-state index contributed by atoms with van der Waals surface area (Å²) in [5, 5.41) is 0. The minimum atomic E-state index is 0.766. The molecule has 0 bridgehead atoms. The summed E-state index contributed by atoms with van der Waals surface area (Å²) in [5.74, 6) is 3.43. The van der Waals surface area contributed by atoms with E-state index in [0.717, 1.165) is 37.6 Å². The van der Waals surface area contributed by atoms with E-state index < -0.39 is 0 Å². The van der Waals surface area contributed by atoms with Gasteiger partial charge >= 0.3 is 0 Å². The van der Waals surface area contributed by atoms with E-state index in [4.69, 9.17) is 4.74 Å². The Bertz CT molecular complexity index is 630. The van der Waals surface area contributed by atoms with Crippen molar-refractivity contribution >= 4 is 17.4 Å². The molecule has 0 unspecified atom stereocenters. The molecule has 1 heterocycles. The highest BCUT2D eigenvalue weighted by Gasteiger charge is 2.13. The highest BCUT2D eigenvalue weighted by Crippen LogP contribution is 2.23. The quantitative estimate of drug-likeness (QED) is 0.754. The Kier molecular flexibility index (Phi) is 6.41. The Morgan fingerprint density at radius 2 is 1.88 bits per heavy atom. The monoisotopic (exact) mass is 343 g/mol. The molecule has 2 N–H and O–H groups in total. The molecule has 2 aromatic rings. The third-order valence-corrected chi connectivity index (χ3v) is 5.08. The van der Waals surface area contributed by atoms with Crippen LogP contribution >= 0.6 is 11.8 Å². The van der Waals surface area contributed by atoms with E-state index in [-0.39, 0.29) is 0 Å². The normalized spacial score (nSPS) is 15.2. The van der Waals surface area contributed by atoms with Gasteiger partial charge in [0.2, 0.25) is 0 Å². The van der Waals surface area contributed by atoms with Crippen LogP contribution in [0.15, 0.2) is 48.5 Å². The van der Waals surface area contributed by atoms with Crippen LogP contribution in [0, 0.1) is 0 Å². The lowest BCUT2D eigenvalue weighted by Crippen LogP contribution is -2.32. The average molecular weight is 343 g/mol. The van der Waals surface area contributed by atoms with Gasteiger partial charge in [0.1, 0.15) is 5.75 Å². The summed E-state index contributed by atoms with van der Waals surface area (Å²) in [5.41, 5.74) is 10.1. The summed E-state index contributed by atoms with van der Waals surface area (Å²) in [6, 6.07) is 16.6. The SMILES string of the molecule is COc1ccc(CNNc2ccccc2)cc1CN1CCSCC1. The fourth-order valence-electron chi connectivity index (χ4n) is 2.84. The molecule has 0 amide bonds. The fraction of sp³-hybridized carbons (Fsp3) is 0.368. The molecule has 0 atom stereocenters. The van der Waals surface area contributed by atoms with Crippen LogP contribution in [0.5, 0.6) is 5.75 Å². The molecule has 5 heteroatoms. The molecule has 0 aromatic heterocycles. The summed E-state index contributed by atoms with van der Waals surface area (Å²) in [6.07, 6.45) is 0. The van der Waals surface area contributed by atoms with Crippen LogP contribution < -0.4 is 15.6 Å². The Morgan fingerprint density at radius 1 is 1.08 bits per heavy atom. The lowest BCUT2D eigenvalue weighted by molar-refractivity contribution is 0.288. The van der Waals surface area contributed by atoms with Crippen molar-refractivity contribution in [2.75, 3.05) is 37.1 Å². The summed E-state index contributed by atoms with van der Waals surface area (Å²) in [6.45, 7) is 4.04. The van der Waals surface area contributed by atoms with Gasteiger partial charge in [0.25, 0.3) is 0 Å². The van der Waals surface area contributed by atoms with Gasteiger partial charge in [-0.15, -0.1) is 0 Å². The van der Waals surface area contributed by atoms with Crippen molar-refractivity contribution in [3.05, 3.63) is 59.7 Å². The van der Waals surface area contributed by atoms with Gasteiger partial charge in [-0.25, -0.2) is 5.43 Å². The van der Waals surface area contributed by atoms with E-state index in [1.54, 1.807) is 7.11 Å². The zero-order chi connectivity index (χ0) is 16.6. The molecular weight excluding hydrogens is 318 g/mol. The van der Waals surface area contributed by atoms with Gasteiger partial charge in [-0.3, -0.25) is 4.90 Å². The van der Waals surface area contributed by atoms with Crippen LogP contribution in [0.3, 0.4) is 0 Å². The third kappa shape index (κ3) is 4.90. The van der Waals surface area contributed by atoms with Gasteiger partial charge in [-0.05, 0) is 29.8 Å². The Labute approximate surface area is 148 Å². The second-order valence-electron chi connectivity index (χ2n) is 5.88. The van der Waals surface area contributed by atoms with Crippen LogP contribution in [0.4, 0.5) is 5.69 Å². The second kappa shape index (κ2) is 8.97. The molecule has 1 saturated heterocycles. The molecule has 0 spiro atoms. The largest absolute Gasteiger partial charge is 0.496 e. The number of rotatable bonds is 7. The van der Waals surface area contributed by atoms with Crippen LogP contribution in [-0.4, -0.2) is 36.6 Å². The van der Waals surface area contributed by atoms with Gasteiger partial charge in [0.15, 0.2) is 0 Å². The molecule has 1 aliphatic rings. The number of hydrogen-bond donors (Lipinski definition) is 2. The maximum Gasteiger partial charge on any atom is 0.123 e. The number of hydrogen-bond acceptors (Lipinski definition) is 5. The Morgan fingerprint density at radius 3 is 2.62 bits per heavy atom. The van der Waals surface area contributed by atoms with Gasteiger partial charge in [0, 0.05) is 48.9 Å². The predicted molar refractivity (Wildman–Crippen MR) is 103 cm³/mol. The first-order valence-corrected chi connectivity index (χ1v) is 9.50. The Hall–Kier alpha value is -1.69. The molecule has 24 heavy (non-hydrogen) atoms. The summed E-state index contributed by atoms with van der Waals surface area (Å²) in [4.78, 5) is 2.51. The van der Waals surface area contributed by atoms with Crippen molar-refractivity contribution < 1.29 is 4.74 Å². The number of nitrogens with one attached hydrogen (secondary N) is 2. The first kappa shape index (κ1) is 17.1. The second-order valence-corrected chi connectivity index (χ2v) is 7.10. The highest BCUT2D eigenvalue weighted by molar-refractivity contribution is 7.99. The number of ether oxygens (including phenoxy) is 1. The van der Waals surface area contributed by atoms with E-state index in [9.17, 15) is 0 Å².